The van der Waals surface area contributed by atoms with Gasteiger partial charge >= 0.3 is 6.18 Å². The Labute approximate surface area is 157 Å². The van der Waals surface area contributed by atoms with Crippen molar-refractivity contribution in [2.45, 2.75) is 13.1 Å². The molecule has 0 bridgehead atoms. The number of hydrogen-bond donors (Lipinski definition) is 0. The van der Waals surface area contributed by atoms with Gasteiger partial charge in [0.1, 0.15) is 11.1 Å². The minimum atomic E-state index is -4.82. The average Bonchev–Trinajstić information content (AvgIpc) is 2.67. The van der Waals surface area contributed by atoms with Crippen LogP contribution >= 0.6 is 0 Å². The SMILES string of the molecule is CCOC=C(C(=O)c1ccccc1)C(=O)c1ccc(C(F)(F)F)cc1[N+](=O)[O-]. The normalized spacial score (nSPS) is 11.8. The first-order chi connectivity index (χ1) is 13.2. The van der Waals surface area contributed by atoms with Crippen LogP contribution in [0.2, 0.25) is 0 Å². The fourth-order valence-corrected chi connectivity index (χ4v) is 2.32. The number of ether oxygens (including phenoxy) is 1. The van der Waals surface area contributed by atoms with Gasteiger partial charge in [0, 0.05) is 11.6 Å². The lowest BCUT2D eigenvalue weighted by Gasteiger charge is -2.10. The van der Waals surface area contributed by atoms with Crippen molar-refractivity contribution in [3.63, 3.8) is 0 Å². The molecule has 146 valence electrons. The minimum Gasteiger partial charge on any atom is -0.501 e. The smallest absolute Gasteiger partial charge is 0.416 e. The van der Waals surface area contributed by atoms with Crippen molar-refractivity contribution in [2.75, 3.05) is 6.61 Å². The van der Waals surface area contributed by atoms with Crippen molar-refractivity contribution in [1.29, 1.82) is 0 Å². The first-order valence-corrected chi connectivity index (χ1v) is 7.98. The second-order valence-corrected chi connectivity index (χ2v) is 5.50. The second kappa shape index (κ2) is 8.47. The molecular weight excluding hydrogens is 379 g/mol. The van der Waals surface area contributed by atoms with Crippen LogP contribution in [0.25, 0.3) is 0 Å². The van der Waals surface area contributed by atoms with Crippen molar-refractivity contribution in [2.24, 2.45) is 0 Å². The minimum absolute atomic E-state index is 0.105. The van der Waals surface area contributed by atoms with E-state index in [0.717, 1.165) is 6.26 Å². The van der Waals surface area contributed by atoms with Gasteiger partial charge in [0.15, 0.2) is 5.78 Å². The number of nitro groups is 1. The summed E-state index contributed by atoms with van der Waals surface area (Å²) in [6.45, 7) is 1.69. The highest BCUT2D eigenvalue weighted by molar-refractivity contribution is 6.31. The summed E-state index contributed by atoms with van der Waals surface area (Å²) in [5.41, 5.74) is -3.39. The molecule has 2 aromatic carbocycles. The Balaban J connectivity index is 2.56. The van der Waals surface area contributed by atoms with Gasteiger partial charge in [0.2, 0.25) is 5.78 Å². The van der Waals surface area contributed by atoms with Gasteiger partial charge in [-0.2, -0.15) is 13.2 Å². The highest BCUT2D eigenvalue weighted by atomic mass is 19.4. The molecule has 0 N–H and O–H groups in total. The topological polar surface area (TPSA) is 86.5 Å². The Kier molecular flexibility index (Phi) is 6.29. The summed E-state index contributed by atoms with van der Waals surface area (Å²) in [7, 11) is 0. The molecular formula is C19H14F3NO5. The molecule has 0 aliphatic rings. The molecule has 0 radical (unpaired) electrons. The fraction of sp³-hybridized carbons (Fsp3) is 0.158. The van der Waals surface area contributed by atoms with E-state index >= 15 is 0 Å². The van der Waals surface area contributed by atoms with Gasteiger partial charge < -0.3 is 4.74 Å². The standard InChI is InChI=1S/C19H14F3NO5/c1-2-28-11-15(17(24)12-6-4-3-5-7-12)18(25)14-9-8-13(19(20,21)22)10-16(14)23(26)27/h3-11H,2H2,1H3. The Morgan fingerprint density at radius 2 is 1.75 bits per heavy atom. The molecule has 6 nitrogen and oxygen atoms in total. The van der Waals surface area contributed by atoms with Crippen LogP contribution in [0.1, 0.15) is 33.2 Å². The van der Waals surface area contributed by atoms with Crippen LogP contribution in [0.15, 0.2) is 60.4 Å². The molecule has 0 heterocycles. The van der Waals surface area contributed by atoms with E-state index in [2.05, 4.69) is 0 Å². The summed E-state index contributed by atoms with van der Waals surface area (Å²) in [6, 6.07) is 9.09. The van der Waals surface area contributed by atoms with Gasteiger partial charge in [-0.1, -0.05) is 30.3 Å². The lowest BCUT2D eigenvalue weighted by Crippen LogP contribution is -2.16. The van der Waals surface area contributed by atoms with Gasteiger partial charge in [0.25, 0.3) is 5.69 Å². The number of carbonyl (C=O) groups is 2. The van der Waals surface area contributed by atoms with Crippen LogP contribution < -0.4 is 0 Å². The van der Waals surface area contributed by atoms with Crippen molar-refractivity contribution in [1.82, 2.24) is 0 Å². The van der Waals surface area contributed by atoms with E-state index < -0.39 is 45.1 Å². The molecule has 28 heavy (non-hydrogen) atoms. The van der Waals surface area contributed by atoms with Crippen LogP contribution in [0.3, 0.4) is 0 Å². The Morgan fingerprint density at radius 1 is 1.11 bits per heavy atom. The van der Waals surface area contributed by atoms with Crippen LogP contribution in [0.5, 0.6) is 0 Å². The zero-order valence-corrected chi connectivity index (χ0v) is 14.5. The monoisotopic (exact) mass is 393 g/mol. The first-order valence-electron chi connectivity index (χ1n) is 7.98. The molecule has 0 amide bonds. The molecule has 0 saturated heterocycles. The summed E-state index contributed by atoms with van der Waals surface area (Å²) >= 11 is 0. The lowest BCUT2D eigenvalue weighted by molar-refractivity contribution is -0.385. The van der Waals surface area contributed by atoms with Crippen LogP contribution in [0.4, 0.5) is 18.9 Å². The molecule has 2 rings (SSSR count). The third-order valence-electron chi connectivity index (χ3n) is 3.66. The highest BCUT2D eigenvalue weighted by Crippen LogP contribution is 2.34. The maximum Gasteiger partial charge on any atom is 0.416 e. The number of ketones is 2. The van der Waals surface area contributed by atoms with Crippen LogP contribution in [0, 0.1) is 10.1 Å². The average molecular weight is 393 g/mol. The number of halogens is 3. The summed E-state index contributed by atoms with van der Waals surface area (Å²) in [5, 5.41) is 11.2. The molecule has 0 spiro atoms. The number of nitrogens with zero attached hydrogens (tertiary/aromatic N) is 1. The predicted octanol–water partition coefficient (Wildman–Crippen LogP) is 4.60. The van der Waals surface area contributed by atoms with Crippen molar-refractivity contribution < 1.29 is 32.4 Å². The molecule has 0 fully saturated rings. The summed E-state index contributed by atoms with van der Waals surface area (Å²) in [6.07, 6.45) is -3.96. The van der Waals surface area contributed by atoms with Crippen LogP contribution in [-0.4, -0.2) is 23.1 Å². The summed E-state index contributed by atoms with van der Waals surface area (Å²) in [5.74, 6) is -1.88. The highest BCUT2D eigenvalue weighted by Gasteiger charge is 2.35. The number of nitro benzene ring substituents is 1. The van der Waals surface area contributed by atoms with E-state index in [1.165, 1.54) is 12.1 Å². The van der Waals surface area contributed by atoms with E-state index in [0.29, 0.717) is 12.1 Å². The predicted molar refractivity (Wildman–Crippen MR) is 92.9 cm³/mol. The molecule has 0 saturated carbocycles. The zero-order chi connectivity index (χ0) is 20.9. The van der Waals surface area contributed by atoms with Crippen LogP contribution in [-0.2, 0) is 10.9 Å². The molecule has 9 heteroatoms. The van der Waals surface area contributed by atoms with Crippen molar-refractivity contribution >= 4 is 17.3 Å². The number of alkyl halides is 3. The van der Waals surface area contributed by atoms with Crippen molar-refractivity contribution in [3.05, 3.63) is 87.2 Å². The summed E-state index contributed by atoms with van der Waals surface area (Å²) in [4.78, 5) is 35.6. The summed E-state index contributed by atoms with van der Waals surface area (Å²) < 4.78 is 43.5. The Hall–Kier alpha value is -3.49. The third-order valence-corrected chi connectivity index (χ3v) is 3.66. The van der Waals surface area contributed by atoms with Gasteiger partial charge in [-0.15, -0.1) is 0 Å². The van der Waals surface area contributed by atoms with Gasteiger partial charge in [0.05, 0.1) is 23.4 Å². The number of Topliss-reactive ketones (excluding diaryl/α,β-unsaturated/α-hetero) is 2. The molecule has 0 aliphatic carbocycles. The van der Waals surface area contributed by atoms with E-state index in [4.69, 9.17) is 4.74 Å². The Bertz CT molecular complexity index is 936. The fourth-order valence-electron chi connectivity index (χ4n) is 2.32. The molecule has 0 aliphatic heterocycles. The van der Waals surface area contributed by atoms with E-state index in [1.54, 1.807) is 25.1 Å². The first kappa shape index (κ1) is 20.8. The number of allylic oxidation sites excluding steroid dienone is 1. The van der Waals surface area contributed by atoms with E-state index in [-0.39, 0.29) is 18.2 Å². The third kappa shape index (κ3) is 4.61. The lowest BCUT2D eigenvalue weighted by atomic mass is 9.95. The molecule has 2 aromatic rings. The second-order valence-electron chi connectivity index (χ2n) is 5.50. The number of carbonyl (C=O) groups excluding carboxylic acids is 2. The quantitative estimate of drug-likeness (QED) is 0.131. The van der Waals surface area contributed by atoms with Gasteiger partial charge in [-0.25, -0.2) is 0 Å². The largest absolute Gasteiger partial charge is 0.501 e. The van der Waals surface area contributed by atoms with Gasteiger partial charge in [-0.3, -0.25) is 19.7 Å². The van der Waals surface area contributed by atoms with Gasteiger partial charge in [-0.05, 0) is 19.1 Å². The molecule has 0 aromatic heterocycles. The Morgan fingerprint density at radius 3 is 2.29 bits per heavy atom. The zero-order valence-electron chi connectivity index (χ0n) is 14.5. The number of rotatable bonds is 7. The van der Waals surface area contributed by atoms with E-state index in [1.807, 2.05) is 0 Å². The molecule has 0 unspecified atom stereocenters. The number of benzene rings is 2. The maximum absolute atomic E-state index is 12.8. The number of hydrogen-bond acceptors (Lipinski definition) is 5. The maximum atomic E-state index is 12.8. The molecule has 0 atom stereocenters. The van der Waals surface area contributed by atoms with Crippen molar-refractivity contribution in [3.8, 4) is 0 Å². The van der Waals surface area contributed by atoms with E-state index in [9.17, 15) is 32.9 Å².